The number of aryl methyl sites for hydroxylation is 1. The number of nitrogens with one attached hydrogen (secondary N) is 1. The molecule has 0 amide bonds. The molecule has 0 aromatic carbocycles. The maximum atomic E-state index is 12.9. The fraction of sp³-hybridized carbons (Fsp3) is 0.643. The molecule has 2 aliphatic rings. The second kappa shape index (κ2) is 5.73. The maximum Gasteiger partial charge on any atom is 0.433 e. The third-order valence-electron chi connectivity index (χ3n) is 3.92. The molecule has 8 heteroatoms. The molecule has 1 aromatic heterocycles. The molecule has 22 heavy (non-hydrogen) atoms. The van der Waals surface area contributed by atoms with Crippen LogP contribution in [0.4, 0.5) is 19.1 Å². The predicted molar refractivity (Wildman–Crippen MR) is 77.0 cm³/mol. The Labute approximate surface area is 126 Å². The number of hydrogen-bond donors (Lipinski definition) is 1. The number of alkyl halides is 3. The van der Waals surface area contributed by atoms with Crippen LogP contribution < -0.4 is 10.2 Å². The SMILES string of the molecule is Cc1cc(C(F)(F)F)nc(N2CCCC(C3=NCCN3)C2)n1. The van der Waals surface area contributed by atoms with Gasteiger partial charge >= 0.3 is 6.18 Å². The van der Waals surface area contributed by atoms with Crippen LogP contribution in [0.1, 0.15) is 24.2 Å². The Bertz CT molecular complexity index is 584. The van der Waals surface area contributed by atoms with Crippen LogP contribution in [0.3, 0.4) is 0 Å². The highest BCUT2D eigenvalue weighted by Gasteiger charge is 2.34. The fourth-order valence-electron chi connectivity index (χ4n) is 2.91. The van der Waals surface area contributed by atoms with Crippen LogP contribution in [-0.2, 0) is 6.18 Å². The number of anilines is 1. The summed E-state index contributed by atoms with van der Waals surface area (Å²) in [7, 11) is 0. The summed E-state index contributed by atoms with van der Waals surface area (Å²) in [5, 5.41) is 3.25. The third-order valence-corrected chi connectivity index (χ3v) is 3.92. The summed E-state index contributed by atoms with van der Waals surface area (Å²) in [6, 6.07) is 0.980. The van der Waals surface area contributed by atoms with Crippen molar-refractivity contribution in [3.63, 3.8) is 0 Å². The largest absolute Gasteiger partial charge is 0.433 e. The van der Waals surface area contributed by atoms with Gasteiger partial charge in [-0.15, -0.1) is 0 Å². The van der Waals surface area contributed by atoms with Crippen molar-refractivity contribution >= 4 is 11.8 Å². The second-order valence-electron chi connectivity index (χ2n) is 5.67. The lowest BCUT2D eigenvalue weighted by Gasteiger charge is -2.33. The van der Waals surface area contributed by atoms with Crippen molar-refractivity contribution in [2.75, 3.05) is 31.1 Å². The van der Waals surface area contributed by atoms with E-state index in [0.29, 0.717) is 18.8 Å². The molecule has 1 N–H and O–H groups in total. The zero-order chi connectivity index (χ0) is 15.7. The first-order chi connectivity index (χ1) is 10.4. The summed E-state index contributed by atoms with van der Waals surface area (Å²) < 4.78 is 38.7. The monoisotopic (exact) mass is 313 g/mol. The molecule has 1 aromatic rings. The number of hydrogen-bond acceptors (Lipinski definition) is 5. The van der Waals surface area contributed by atoms with Gasteiger partial charge in [0.2, 0.25) is 5.95 Å². The average Bonchev–Trinajstić information content (AvgIpc) is 3.00. The summed E-state index contributed by atoms with van der Waals surface area (Å²) in [4.78, 5) is 14.2. The van der Waals surface area contributed by atoms with Gasteiger partial charge in [0.05, 0.1) is 6.54 Å². The van der Waals surface area contributed by atoms with Gasteiger partial charge in [0.1, 0.15) is 11.5 Å². The van der Waals surface area contributed by atoms with Crippen molar-refractivity contribution in [3.05, 3.63) is 17.5 Å². The lowest BCUT2D eigenvalue weighted by molar-refractivity contribution is -0.141. The van der Waals surface area contributed by atoms with E-state index in [1.807, 2.05) is 4.90 Å². The van der Waals surface area contributed by atoms with Gasteiger partial charge in [-0.25, -0.2) is 9.97 Å². The van der Waals surface area contributed by atoms with Crippen molar-refractivity contribution in [2.45, 2.75) is 25.9 Å². The lowest BCUT2D eigenvalue weighted by atomic mass is 9.97. The van der Waals surface area contributed by atoms with Crippen molar-refractivity contribution in [1.29, 1.82) is 0 Å². The highest BCUT2D eigenvalue weighted by Crippen LogP contribution is 2.30. The number of aromatic nitrogens is 2. The van der Waals surface area contributed by atoms with E-state index in [-0.39, 0.29) is 11.9 Å². The predicted octanol–water partition coefficient (Wildman–Crippen LogP) is 2.02. The molecule has 0 spiro atoms. The van der Waals surface area contributed by atoms with E-state index in [1.165, 1.54) is 0 Å². The molecular formula is C14H18F3N5. The summed E-state index contributed by atoms with van der Waals surface area (Å²) in [6.45, 7) is 4.44. The zero-order valence-electron chi connectivity index (χ0n) is 12.3. The molecule has 3 heterocycles. The standard InChI is InChI=1S/C14H18F3N5/c1-9-7-11(14(15,16)17)21-13(20-9)22-6-2-3-10(8-22)12-18-4-5-19-12/h7,10H,2-6,8H2,1H3,(H,18,19). The summed E-state index contributed by atoms with van der Waals surface area (Å²) >= 11 is 0. The molecule has 0 radical (unpaired) electrons. The minimum atomic E-state index is -4.45. The van der Waals surface area contributed by atoms with Gasteiger partial charge in [-0.05, 0) is 25.8 Å². The normalized spacial score (nSPS) is 22.5. The molecule has 0 saturated carbocycles. The van der Waals surface area contributed by atoms with Gasteiger partial charge in [0.25, 0.3) is 0 Å². The van der Waals surface area contributed by atoms with E-state index in [0.717, 1.165) is 37.8 Å². The van der Waals surface area contributed by atoms with Gasteiger partial charge < -0.3 is 10.2 Å². The Morgan fingerprint density at radius 1 is 1.32 bits per heavy atom. The van der Waals surface area contributed by atoms with E-state index in [9.17, 15) is 13.2 Å². The lowest BCUT2D eigenvalue weighted by Crippen LogP contribution is -2.42. The van der Waals surface area contributed by atoms with Crippen molar-refractivity contribution < 1.29 is 13.2 Å². The minimum Gasteiger partial charge on any atom is -0.372 e. The molecule has 1 fully saturated rings. The number of amidine groups is 1. The van der Waals surface area contributed by atoms with Crippen LogP contribution in [0.2, 0.25) is 0 Å². The Kier molecular flexibility index (Phi) is 3.92. The summed E-state index contributed by atoms with van der Waals surface area (Å²) in [5.41, 5.74) is -0.552. The molecule has 5 nitrogen and oxygen atoms in total. The van der Waals surface area contributed by atoms with Gasteiger partial charge in [0, 0.05) is 31.2 Å². The zero-order valence-corrected chi connectivity index (χ0v) is 12.3. The molecule has 2 aliphatic heterocycles. The Morgan fingerprint density at radius 2 is 2.14 bits per heavy atom. The first-order valence-corrected chi connectivity index (χ1v) is 7.39. The maximum absolute atomic E-state index is 12.9. The van der Waals surface area contributed by atoms with E-state index < -0.39 is 11.9 Å². The van der Waals surface area contributed by atoms with E-state index in [1.54, 1.807) is 6.92 Å². The molecule has 0 bridgehead atoms. The number of rotatable bonds is 2. The highest BCUT2D eigenvalue weighted by atomic mass is 19.4. The summed E-state index contributed by atoms with van der Waals surface area (Å²) in [5.74, 6) is 1.35. The first-order valence-electron chi connectivity index (χ1n) is 7.39. The van der Waals surface area contributed by atoms with Crippen LogP contribution in [-0.4, -0.2) is 42.0 Å². The van der Waals surface area contributed by atoms with Crippen molar-refractivity contribution in [2.24, 2.45) is 10.9 Å². The van der Waals surface area contributed by atoms with Gasteiger partial charge in [-0.1, -0.05) is 0 Å². The van der Waals surface area contributed by atoms with Gasteiger partial charge in [-0.2, -0.15) is 13.2 Å². The number of aliphatic imine (C=N–C) groups is 1. The molecule has 1 atom stereocenters. The topological polar surface area (TPSA) is 53.4 Å². The Morgan fingerprint density at radius 3 is 2.82 bits per heavy atom. The first kappa shape index (κ1) is 15.1. The quantitative estimate of drug-likeness (QED) is 0.907. The van der Waals surface area contributed by atoms with E-state index >= 15 is 0 Å². The smallest absolute Gasteiger partial charge is 0.372 e. The van der Waals surface area contributed by atoms with Crippen LogP contribution >= 0.6 is 0 Å². The van der Waals surface area contributed by atoms with Crippen LogP contribution in [0.15, 0.2) is 11.1 Å². The molecule has 120 valence electrons. The Hall–Kier alpha value is -1.86. The molecule has 3 rings (SSSR count). The van der Waals surface area contributed by atoms with Crippen LogP contribution in [0.25, 0.3) is 0 Å². The fourth-order valence-corrected chi connectivity index (χ4v) is 2.91. The molecule has 1 saturated heterocycles. The van der Waals surface area contributed by atoms with E-state index in [4.69, 9.17) is 0 Å². The molecule has 0 aliphatic carbocycles. The third kappa shape index (κ3) is 3.15. The average molecular weight is 313 g/mol. The van der Waals surface area contributed by atoms with Crippen LogP contribution in [0.5, 0.6) is 0 Å². The number of piperidine rings is 1. The molecular weight excluding hydrogens is 295 g/mol. The Balaban J connectivity index is 1.82. The van der Waals surface area contributed by atoms with E-state index in [2.05, 4.69) is 20.3 Å². The number of halogens is 3. The van der Waals surface area contributed by atoms with Crippen molar-refractivity contribution in [1.82, 2.24) is 15.3 Å². The minimum absolute atomic E-state index is 0.163. The molecule has 1 unspecified atom stereocenters. The highest BCUT2D eigenvalue weighted by molar-refractivity contribution is 5.86. The van der Waals surface area contributed by atoms with Crippen LogP contribution in [0, 0.1) is 12.8 Å². The number of nitrogens with zero attached hydrogens (tertiary/aromatic N) is 4. The van der Waals surface area contributed by atoms with Gasteiger partial charge in [-0.3, -0.25) is 4.99 Å². The second-order valence-corrected chi connectivity index (χ2v) is 5.67. The van der Waals surface area contributed by atoms with Gasteiger partial charge in [0.15, 0.2) is 0 Å². The summed E-state index contributed by atoms with van der Waals surface area (Å²) in [6.07, 6.45) is -2.57. The van der Waals surface area contributed by atoms with Crippen molar-refractivity contribution in [3.8, 4) is 0 Å².